The van der Waals surface area contributed by atoms with Gasteiger partial charge in [0.2, 0.25) is 10.0 Å². The molecule has 1 aliphatic heterocycles. The highest BCUT2D eigenvalue weighted by Gasteiger charge is 2.27. The van der Waals surface area contributed by atoms with Crippen LogP contribution in [0.3, 0.4) is 0 Å². The van der Waals surface area contributed by atoms with Crippen LogP contribution in [0, 0.1) is 11.3 Å². The van der Waals surface area contributed by atoms with Crippen LogP contribution < -0.4 is 5.32 Å². The Balaban J connectivity index is 1.85. The maximum Gasteiger partial charge on any atom is 0.255 e. The van der Waals surface area contributed by atoms with Crippen molar-refractivity contribution in [1.82, 2.24) is 4.31 Å². The lowest BCUT2D eigenvalue weighted by Gasteiger charge is -2.26. The number of amides is 1. The number of carbonyl (C=O) groups is 1. The van der Waals surface area contributed by atoms with Gasteiger partial charge < -0.3 is 10.1 Å². The van der Waals surface area contributed by atoms with E-state index in [-0.39, 0.29) is 23.5 Å². The van der Waals surface area contributed by atoms with E-state index in [2.05, 4.69) is 21.2 Å². The zero-order valence-electron chi connectivity index (χ0n) is 14.2. The number of carbonyl (C=O) groups excluding carboxylic acids is 1. The fourth-order valence-electron chi connectivity index (χ4n) is 2.65. The van der Waals surface area contributed by atoms with Gasteiger partial charge in [-0.25, -0.2) is 8.42 Å². The molecule has 7 nitrogen and oxygen atoms in total. The number of ether oxygens (including phenoxy) is 1. The number of hydrogen-bond acceptors (Lipinski definition) is 5. The summed E-state index contributed by atoms with van der Waals surface area (Å²) >= 11 is 3.27. The molecule has 0 saturated carbocycles. The molecule has 0 radical (unpaired) electrons. The summed E-state index contributed by atoms with van der Waals surface area (Å²) in [4.78, 5) is 12.6. The summed E-state index contributed by atoms with van der Waals surface area (Å²) in [5.41, 5.74) is 0.845. The van der Waals surface area contributed by atoms with Crippen LogP contribution in [-0.2, 0) is 14.8 Å². The number of halogens is 1. The topological polar surface area (TPSA) is 99.5 Å². The van der Waals surface area contributed by atoms with Crippen LogP contribution >= 0.6 is 15.9 Å². The van der Waals surface area contributed by atoms with E-state index in [1.165, 1.54) is 28.6 Å². The second-order valence-electron chi connectivity index (χ2n) is 5.80. The van der Waals surface area contributed by atoms with Crippen molar-refractivity contribution in [3.8, 4) is 6.07 Å². The Hall–Kier alpha value is -2.25. The monoisotopic (exact) mass is 449 g/mol. The Bertz CT molecular complexity index is 1010. The summed E-state index contributed by atoms with van der Waals surface area (Å²) in [5, 5.41) is 11.9. The van der Waals surface area contributed by atoms with Crippen molar-refractivity contribution in [2.24, 2.45) is 0 Å². The van der Waals surface area contributed by atoms with E-state index in [1.807, 2.05) is 6.07 Å². The highest BCUT2D eigenvalue weighted by molar-refractivity contribution is 9.10. The summed E-state index contributed by atoms with van der Waals surface area (Å²) in [7, 11) is -3.69. The van der Waals surface area contributed by atoms with Crippen molar-refractivity contribution in [2.75, 3.05) is 31.6 Å². The maximum atomic E-state index is 12.7. The van der Waals surface area contributed by atoms with Gasteiger partial charge in [0.1, 0.15) is 6.07 Å². The molecule has 1 amide bonds. The van der Waals surface area contributed by atoms with Crippen LogP contribution in [-0.4, -0.2) is 44.9 Å². The van der Waals surface area contributed by atoms with Crippen molar-refractivity contribution in [1.29, 1.82) is 5.26 Å². The van der Waals surface area contributed by atoms with Crippen LogP contribution in [0.15, 0.2) is 51.8 Å². The Morgan fingerprint density at radius 2 is 1.93 bits per heavy atom. The summed E-state index contributed by atoms with van der Waals surface area (Å²) in [6, 6.07) is 12.8. The van der Waals surface area contributed by atoms with E-state index in [4.69, 9.17) is 4.74 Å². The molecule has 0 atom stereocenters. The molecule has 1 aliphatic rings. The number of hydrogen-bond donors (Lipinski definition) is 1. The van der Waals surface area contributed by atoms with Gasteiger partial charge in [-0.2, -0.15) is 9.57 Å². The van der Waals surface area contributed by atoms with Crippen LogP contribution in [0.25, 0.3) is 0 Å². The predicted molar refractivity (Wildman–Crippen MR) is 103 cm³/mol. The fourth-order valence-corrected chi connectivity index (χ4v) is 4.46. The number of nitriles is 1. The highest BCUT2D eigenvalue weighted by atomic mass is 79.9. The van der Waals surface area contributed by atoms with Gasteiger partial charge in [0.05, 0.1) is 29.4 Å². The van der Waals surface area contributed by atoms with Crippen molar-refractivity contribution >= 4 is 37.5 Å². The molecule has 2 aromatic carbocycles. The van der Waals surface area contributed by atoms with Crippen molar-refractivity contribution in [2.45, 2.75) is 4.90 Å². The Kier molecular flexibility index (Phi) is 5.92. The first-order valence-corrected chi connectivity index (χ1v) is 10.3. The summed E-state index contributed by atoms with van der Waals surface area (Å²) in [5.74, 6) is -0.493. The van der Waals surface area contributed by atoms with Gasteiger partial charge >= 0.3 is 0 Å². The van der Waals surface area contributed by atoms with E-state index in [0.29, 0.717) is 24.5 Å². The van der Waals surface area contributed by atoms with Gasteiger partial charge in [-0.15, -0.1) is 0 Å². The third-order valence-corrected chi connectivity index (χ3v) is 6.44. The highest BCUT2D eigenvalue weighted by Crippen LogP contribution is 2.22. The second-order valence-corrected chi connectivity index (χ2v) is 8.65. The van der Waals surface area contributed by atoms with Gasteiger partial charge in [0.15, 0.2) is 0 Å². The molecule has 1 heterocycles. The molecule has 1 N–H and O–H groups in total. The standard InChI is InChI=1S/C18H16BrN3O4S/c19-15-4-5-17(14(10-15)12-20)21-18(23)13-2-1-3-16(11-13)27(24,25)22-6-8-26-9-7-22/h1-5,10-11H,6-9H2,(H,21,23). The molecule has 1 saturated heterocycles. The molecule has 0 unspecified atom stereocenters. The van der Waals surface area contributed by atoms with E-state index < -0.39 is 15.9 Å². The molecule has 1 fully saturated rings. The first kappa shape index (κ1) is 19.5. The minimum atomic E-state index is -3.69. The largest absolute Gasteiger partial charge is 0.379 e. The van der Waals surface area contributed by atoms with Gasteiger partial charge in [-0.3, -0.25) is 4.79 Å². The zero-order chi connectivity index (χ0) is 19.4. The minimum Gasteiger partial charge on any atom is -0.379 e. The first-order chi connectivity index (χ1) is 12.9. The summed E-state index contributed by atoms with van der Waals surface area (Å²) < 4.78 is 32.7. The number of nitrogens with zero attached hydrogens (tertiary/aromatic N) is 2. The molecule has 0 aliphatic carbocycles. The molecular weight excluding hydrogens is 434 g/mol. The van der Waals surface area contributed by atoms with E-state index >= 15 is 0 Å². The van der Waals surface area contributed by atoms with Gasteiger partial charge in [0.25, 0.3) is 5.91 Å². The van der Waals surface area contributed by atoms with Crippen LogP contribution in [0.2, 0.25) is 0 Å². The zero-order valence-corrected chi connectivity index (χ0v) is 16.6. The molecule has 0 spiro atoms. The number of anilines is 1. The lowest BCUT2D eigenvalue weighted by Crippen LogP contribution is -2.40. The number of benzene rings is 2. The average molecular weight is 450 g/mol. The third kappa shape index (κ3) is 4.36. The number of morpholine rings is 1. The van der Waals surface area contributed by atoms with Crippen LogP contribution in [0.4, 0.5) is 5.69 Å². The summed E-state index contributed by atoms with van der Waals surface area (Å²) in [6.07, 6.45) is 0. The summed E-state index contributed by atoms with van der Waals surface area (Å²) in [6.45, 7) is 1.26. The van der Waals surface area contributed by atoms with Crippen molar-refractivity contribution in [3.63, 3.8) is 0 Å². The third-order valence-electron chi connectivity index (χ3n) is 4.05. The molecule has 3 rings (SSSR count). The number of sulfonamides is 1. The van der Waals surface area contributed by atoms with Gasteiger partial charge in [-0.1, -0.05) is 22.0 Å². The van der Waals surface area contributed by atoms with Crippen molar-refractivity contribution in [3.05, 3.63) is 58.1 Å². The lowest BCUT2D eigenvalue weighted by molar-refractivity contribution is 0.0730. The van der Waals surface area contributed by atoms with Crippen LogP contribution in [0.5, 0.6) is 0 Å². The van der Waals surface area contributed by atoms with Gasteiger partial charge in [0, 0.05) is 23.1 Å². The molecule has 27 heavy (non-hydrogen) atoms. The minimum absolute atomic E-state index is 0.0494. The van der Waals surface area contributed by atoms with Crippen LogP contribution in [0.1, 0.15) is 15.9 Å². The van der Waals surface area contributed by atoms with E-state index in [9.17, 15) is 18.5 Å². The lowest BCUT2D eigenvalue weighted by atomic mass is 10.1. The molecular formula is C18H16BrN3O4S. The quantitative estimate of drug-likeness (QED) is 0.772. The molecule has 2 aromatic rings. The van der Waals surface area contributed by atoms with Crippen molar-refractivity contribution < 1.29 is 17.9 Å². The fraction of sp³-hybridized carbons (Fsp3) is 0.222. The average Bonchev–Trinajstić information content (AvgIpc) is 2.70. The normalized spacial score (nSPS) is 15.1. The van der Waals surface area contributed by atoms with E-state index in [0.717, 1.165) is 4.47 Å². The molecule has 0 bridgehead atoms. The van der Waals surface area contributed by atoms with E-state index in [1.54, 1.807) is 18.2 Å². The Labute approximate surface area is 165 Å². The maximum absolute atomic E-state index is 12.7. The first-order valence-electron chi connectivity index (χ1n) is 8.11. The second kappa shape index (κ2) is 8.19. The Morgan fingerprint density at radius 3 is 2.63 bits per heavy atom. The molecule has 0 aromatic heterocycles. The molecule has 140 valence electrons. The number of rotatable bonds is 4. The smallest absolute Gasteiger partial charge is 0.255 e. The molecule has 9 heteroatoms. The van der Waals surface area contributed by atoms with Gasteiger partial charge in [-0.05, 0) is 36.4 Å². The SMILES string of the molecule is N#Cc1cc(Br)ccc1NC(=O)c1cccc(S(=O)(=O)N2CCOCC2)c1. The number of nitrogens with one attached hydrogen (secondary N) is 1. The predicted octanol–water partition coefficient (Wildman–Crippen LogP) is 2.59. The Morgan fingerprint density at radius 1 is 1.19 bits per heavy atom.